The maximum absolute atomic E-state index is 9.66. The predicted octanol–water partition coefficient (Wildman–Crippen LogP) is 2.55. The zero-order valence-electron chi connectivity index (χ0n) is 9.57. The highest BCUT2D eigenvalue weighted by molar-refractivity contribution is 5.42. The number of aromatic nitrogens is 1. The number of hydrogen-bond acceptors (Lipinski definition) is 2. The van der Waals surface area contributed by atoms with Gasteiger partial charge in [-0.05, 0) is 42.7 Å². The average molecular weight is 216 g/mol. The lowest BCUT2D eigenvalue weighted by Crippen LogP contribution is -2.11. The molecule has 1 aromatic carbocycles. The Kier molecular flexibility index (Phi) is 2.86. The van der Waals surface area contributed by atoms with Crippen molar-refractivity contribution in [1.29, 1.82) is 0 Å². The van der Waals surface area contributed by atoms with E-state index in [0.29, 0.717) is 5.75 Å². The molecule has 0 aliphatic heterocycles. The van der Waals surface area contributed by atoms with Crippen molar-refractivity contribution in [3.8, 4) is 5.75 Å². The zero-order chi connectivity index (χ0) is 11.5. The minimum atomic E-state index is 0.393. The molecule has 0 unspecified atom stereocenters. The predicted molar refractivity (Wildman–Crippen MR) is 65.1 cm³/mol. The molecule has 3 heteroatoms. The molecule has 0 saturated carbocycles. The second kappa shape index (κ2) is 4.31. The van der Waals surface area contributed by atoms with Crippen LogP contribution in [0.25, 0.3) is 0 Å². The van der Waals surface area contributed by atoms with Crippen LogP contribution in [0.4, 0.5) is 0 Å². The summed E-state index contributed by atoms with van der Waals surface area (Å²) >= 11 is 0. The van der Waals surface area contributed by atoms with E-state index >= 15 is 0 Å². The van der Waals surface area contributed by atoms with Crippen molar-refractivity contribution in [2.45, 2.75) is 20.4 Å². The highest BCUT2D eigenvalue weighted by Gasteiger charge is 2.02. The molecular formula is C13H16N2O. The third kappa shape index (κ3) is 2.19. The van der Waals surface area contributed by atoms with Gasteiger partial charge in [-0.25, -0.2) is 0 Å². The molecule has 0 saturated heterocycles. The van der Waals surface area contributed by atoms with E-state index < -0.39 is 0 Å². The van der Waals surface area contributed by atoms with Gasteiger partial charge in [0.25, 0.3) is 0 Å². The van der Waals surface area contributed by atoms with Crippen LogP contribution in [0.2, 0.25) is 0 Å². The van der Waals surface area contributed by atoms with Gasteiger partial charge in [-0.15, -0.1) is 0 Å². The van der Waals surface area contributed by atoms with E-state index in [-0.39, 0.29) is 0 Å². The molecule has 0 spiro atoms. The fraction of sp³-hybridized carbons (Fsp3) is 0.231. The highest BCUT2D eigenvalue weighted by Crippen LogP contribution is 2.22. The topological polar surface area (TPSA) is 37.2 Å². The molecular weight excluding hydrogens is 200 g/mol. The van der Waals surface area contributed by atoms with Crippen molar-refractivity contribution in [1.82, 2.24) is 4.68 Å². The average Bonchev–Trinajstić information content (AvgIpc) is 2.75. The minimum Gasteiger partial charge on any atom is -0.507 e. The van der Waals surface area contributed by atoms with E-state index in [1.54, 1.807) is 0 Å². The second-order valence-corrected chi connectivity index (χ2v) is 4.00. The molecule has 2 N–H and O–H groups in total. The lowest BCUT2D eigenvalue weighted by atomic mass is 10.1. The van der Waals surface area contributed by atoms with Gasteiger partial charge in [0.2, 0.25) is 0 Å². The number of aromatic hydroxyl groups is 1. The van der Waals surface area contributed by atoms with Crippen molar-refractivity contribution < 1.29 is 5.11 Å². The molecule has 0 atom stereocenters. The minimum absolute atomic E-state index is 0.393. The molecule has 84 valence electrons. The number of phenols is 1. The Bertz CT molecular complexity index is 452. The number of hydrogen-bond donors (Lipinski definition) is 2. The van der Waals surface area contributed by atoms with Gasteiger partial charge < -0.3 is 10.5 Å². The van der Waals surface area contributed by atoms with Gasteiger partial charge in [0, 0.05) is 12.4 Å². The van der Waals surface area contributed by atoms with Gasteiger partial charge in [0.15, 0.2) is 0 Å². The van der Waals surface area contributed by atoms with E-state index in [1.807, 2.05) is 55.2 Å². The van der Waals surface area contributed by atoms with Crippen LogP contribution < -0.4 is 5.43 Å². The fourth-order valence-electron chi connectivity index (χ4n) is 1.77. The Morgan fingerprint density at radius 1 is 1.12 bits per heavy atom. The van der Waals surface area contributed by atoms with Crippen molar-refractivity contribution in [3.63, 3.8) is 0 Å². The largest absolute Gasteiger partial charge is 0.507 e. The first-order valence-corrected chi connectivity index (χ1v) is 5.33. The van der Waals surface area contributed by atoms with Crippen LogP contribution >= 0.6 is 0 Å². The second-order valence-electron chi connectivity index (χ2n) is 4.00. The first kappa shape index (κ1) is 10.6. The van der Waals surface area contributed by atoms with Crippen LogP contribution in [-0.2, 0) is 6.54 Å². The number of benzene rings is 1. The zero-order valence-corrected chi connectivity index (χ0v) is 9.57. The molecule has 0 aliphatic rings. The Morgan fingerprint density at radius 2 is 1.69 bits per heavy atom. The van der Waals surface area contributed by atoms with Gasteiger partial charge >= 0.3 is 0 Å². The molecule has 16 heavy (non-hydrogen) atoms. The Morgan fingerprint density at radius 3 is 2.25 bits per heavy atom. The van der Waals surface area contributed by atoms with E-state index in [2.05, 4.69) is 5.43 Å². The van der Waals surface area contributed by atoms with E-state index in [4.69, 9.17) is 0 Å². The summed E-state index contributed by atoms with van der Waals surface area (Å²) in [5.41, 5.74) is 6.26. The van der Waals surface area contributed by atoms with E-state index in [9.17, 15) is 5.11 Å². The van der Waals surface area contributed by atoms with Gasteiger partial charge in [-0.1, -0.05) is 12.1 Å². The first-order valence-electron chi connectivity index (χ1n) is 5.33. The summed E-state index contributed by atoms with van der Waals surface area (Å²) in [7, 11) is 0. The van der Waals surface area contributed by atoms with Crippen molar-refractivity contribution >= 4 is 0 Å². The number of aryl methyl sites for hydroxylation is 2. The summed E-state index contributed by atoms with van der Waals surface area (Å²) in [6.07, 6.45) is 3.92. The summed E-state index contributed by atoms with van der Waals surface area (Å²) in [5, 5.41) is 9.66. The quantitative estimate of drug-likeness (QED) is 0.827. The lowest BCUT2D eigenvalue weighted by molar-refractivity contribution is 0.466. The van der Waals surface area contributed by atoms with Crippen LogP contribution in [0.3, 0.4) is 0 Å². The highest BCUT2D eigenvalue weighted by atomic mass is 16.3. The number of nitrogens with one attached hydrogen (secondary N) is 1. The van der Waals surface area contributed by atoms with Gasteiger partial charge in [-0.2, -0.15) is 0 Å². The SMILES string of the molecule is Cc1cc(CNn2cccc2)cc(C)c1O. The lowest BCUT2D eigenvalue weighted by Gasteiger charge is -2.10. The van der Waals surface area contributed by atoms with Crippen LogP contribution in [0, 0.1) is 13.8 Å². The molecule has 0 bridgehead atoms. The summed E-state index contributed by atoms with van der Waals surface area (Å²) in [6, 6.07) is 7.94. The molecule has 0 aliphatic carbocycles. The van der Waals surface area contributed by atoms with Crippen molar-refractivity contribution in [3.05, 3.63) is 53.3 Å². The molecule has 0 fully saturated rings. The van der Waals surface area contributed by atoms with Gasteiger partial charge in [-0.3, -0.25) is 4.68 Å². The molecule has 1 aromatic heterocycles. The number of rotatable bonds is 3. The Hall–Kier alpha value is -1.90. The number of nitrogens with zero attached hydrogens (tertiary/aromatic N) is 1. The molecule has 0 radical (unpaired) electrons. The molecule has 0 amide bonds. The molecule has 2 aromatic rings. The standard InChI is InChI=1S/C13H16N2O/c1-10-7-12(8-11(2)13(10)16)9-14-15-5-3-4-6-15/h3-8,14,16H,9H2,1-2H3. The van der Waals surface area contributed by atoms with Crippen LogP contribution in [0.15, 0.2) is 36.7 Å². The van der Waals surface area contributed by atoms with Crippen molar-refractivity contribution in [2.24, 2.45) is 0 Å². The maximum atomic E-state index is 9.66. The molecule has 3 nitrogen and oxygen atoms in total. The third-order valence-electron chi connectivity index (χ3n) is 2.62. The summed E-state index contributed by atoms with van der Waals surface area (Å²) in [4.78, 5) is 0. The summed E-state index contributed by atoms with van der Waals surface area (Å²) < 4.78 is 1.91. The molecule has 1 heterocycles. The first-order chi connectivity index (χ1) is 7.66. The van der Waals surface area contributed by atoms with Crippen LogP contribution in [0.5, 0.6) is 5.75 Å². The van der Waals surface area contributed by atoms with Gasteiger partial charge in [0.1, 0.15) is 5.75 Å². The Balaban J connectivity index is 2.10. The fourth-order valence-corrected chi connectivity index (χ4v) is 1.77. The third-order valence-corrected chi connectivity index (χ3v) is 2.62. The molecule has 2 rings (SSSR count). The summed E-state index contributed by atoms with van der Waals surface area (Å²) in [6.45, 7) is 4.58. The maximum Gasteiger partial charge on any atom is 0.121 e. The normalized spacial score (nSPS) is 10.4. The van der Waals surface area contributed by atoms with Crippen LogP contribution in [0.1, 0.15) is 16.7 Å². The van der Waals surface area contributed by atoms with Gasteiger partial charge in [0.05, 0.1) is 6.54 Å². The van der Waals surface area contributed by atoms with Crippen molar-refractivity contribution in [2.75, 3.05) is 5.43 Å². The monoisotopic (exact) mass is 216 g/mol. The smallest absolute Gasteiger partial charge is 0.121 e. The van der Waals surface area contributed by atoms with Crippen LogP contribution in [-0.4, -0.2) is 9.78 Å². The number of phenolic OH excluding ortho intramolecular Hbond substituents is 1. The van der Waals surface area contributed by atoms with E-state index in [1.165, 1.54) is 5.56 Å². The summed E-state index contributed by atoms with van der Waals surface area (Å²) in [5.74, 6) is 0.393. The van der Waals surface area contributed by atoms with E-state index in [0.717, 1.165) is 17.7 Å². The Labute approximate surface area is 95.3 Å².